The zero-order valence-corrected chi connectivity index (χ0v) is 19.3. The number of carbonyl (C=O) groups is 3. The van der Waals surface area contributed by atoms with Crippen LogP contribution < -0.4 is 0 Å². The molecule has 0 radical (unpaired) electrons. The Labute approximate surface area is 195 Å². The van der Waals surface area contributed by atoms with Gasteiger partial charge in [0.05, 0.1) is 18.8 Å². The molecule has 1 aromatic rings. The number of aromatic nitrogens is 1. The Morgan fingerprint density at radius 1 is 1.29 bits per heavy atom. The number of aliphatic carboxylic acids is 1. The van der Waals surface area contributed by atoms with E-state index >= 15 is 0 Å². The fourth-order valence-corrected chi connectivity index (χ4v) is 3.67. The fraction of sp³-hybridized carbons (Fsp3) is 0.591. The number of hydrogen-bond acceptors (Lipinski definition) is 6. The summed E-state index contributed by atoms with van der Waals surface area (Å²) in [5.74, 6) is -2.43. The number of carboxylic acids is 1. The lowest BCUT2D eigenvalue weighted by atomic mass is 9.87. The molecule has 0 aliphatic carbocycles. The number of halogens is 3. The lowest BCUT2D eigenvalue weighted by Gasteiger charge is -2.38. The molecule has 9 nitrogen and oxygen atoms in total. The summed E-state index contributed by atoms with van der Waals surface area (Å²) >= 11 is 0. The smallest absolute Gasteiger partial charge is 0.475 e. The average Bonchev–Trinajstić information content (AvgIpc) is 3.16. The normalized spacial score (nSPS) is 19.7. The predicted molar refractivity (Wildman–Crippen MR) is 116 cm³/mol. The average molecular weight is 486 g/mol. The van der Waals surface area contributed by atoms with Crippen LogP contribution in [0.2, 0.25) is 0 Å². The lowest BCUT2D eigenvalue weighted by molar-refractivity contribution is -0.192. The molecule has 1 unspecified atom stereocenters. The van der Waals surface area contributed by atoms with Crippen LogP contribution in [0.3, 0.4) is 0 Å². The van der Waals surface area contributed by atoms with Gasteiger partial charge in [-0.05, 0) is 30.9 Å². The summed E-state index contributed by atoms with van der Waals surface area (Å²) in [6.07, 6.45) is -0.712. The number of rotatable bonds is 5. The minimum atomic E-state index is -5.08. The molecule has 3 heterocycles. The number of oxime groups is 1. The molecule has 2 aliphatic heterocycles. The highest BCUT2D eigenvalue weighted by molar-refractivity contribution is 6.39. The molecule has 2 aliphatic rings. The Bertz CT molecular complexity index is 908. The number of amides is 2. The first kappa shape index (κ1) is 27.1. The molecule has 1 aromatic heterocycles. The molecular formula is C22H29F3N4O5. The van der Waals surface area contributed by atoms with Gasteiger partial charge in [0.25, 0.3) is 5.91 Å². The van der Waals surface area contributed by atoms with Crippen molar-refractivity contribution in [2.45, 2.75) is 57.9 Å². The van der Waals surface area contributed by atoms with Crippen molar-refractivity contribution in [2.75, 3.05) is 20.1 Å². The second kappa shape index (κ2) is 11.3. The van der Waals surface area contributed by atoms with E-state index in [-0.39, 0.29) is 11.8 Å². The minimum Gasteiger partial charge on any atom is -0.475 e. The van der Waals surface area contributed by atoms with Crippen LogP contribution in [0.1, 0.15) is 45.2 Å². The van der Waals surface area contributed by atoms with Gasteiger partial charge in [-0.25, -0.2) is 4.79 Å². The van der Waals surface area contributed by atoms with Gasteiger partial charge in [-0.15, -0.1) is 0 Å². The zero-order valence-electron chi connectivity index (χ0n) is 19.3. The van der Waals surface area contributed by atoms with Crippen molar-refractivity contribution in [3.05, 3.63) is 30.1 Å². The van der Waals surface area contributed by atoms with E-state index in [1.807, 2.05) is 36.9 Å². The summed E-state index contributed by atoms with van der Waals surface area (Å²) in [7, 11) is 1.74. The second-order valence-corrected chi connectivity index (χ2v) is 8.79. The number of likely N-dealkylation sites (tertiary alicyclic amines) is 1. The molecule has 1 N–H and O–H groups in total. The first-order valence-corrected chi connectivity index (χ1v) is 10.8. The van der Waals surface area contributed by atoms with Gasteiger partial charge in [-0.2, -0.15) is 13.2 Å². The Morgan fingerprint density at radius 2 is 1.97 bits per heavy atom. The highest BCUT2D eigenvalue weighted by Crippen LogP contribution is 2.34. The van der Waals surface area contributed by atoms with E-state index in [9.17, 15) is 22.8 Å². The Balaban J connectivity index is 0.000000509. The summed E-state index contributed by atoms with van der Waals surface area (Å²) in [4.78, 5) is 47.5. The molecule has 1 fully saturated rings. The molecule has 2 amide bonds. The van der Waals surface area contributed by atoms with Crippen molar-refractivity contribution in [1.82, 2.24) is 14.8 Å². The van der Waals surface area contributed by atoms with Crippen LogP contribution in [0, 0.1) is 5.92 Å². The molecule has 0 saturated carbocycles. The van der Waals surface area contributed by atoms with E-state index in [4.69, 9.17) is 14.7 Å². The van der Waals surface area contributed by atoms with Gasteiger partial charge < -0.3 is 19.7 Å². The monoisotopic (exact) mass is 486 g/mol. The van der Waals surface area contributed by atoms with Crippen LogP contribution in [0.4, 0.5) is 13.2 Å². The Morgan fingerprint density at radius 3 is 2.53 bits per heavy atom. The van der Waals surface area contributed by atoms with Gasteiger partial charge in [-0.1, -0.05) is 25.1 Å². The number of piperidine rings is 1. The molecule has 3 rings (SSSR count). The molecule has 1 atom stereocenters. The van der Waals surface area contributed by atoms with Gasteiger partial charge in [0.1, 0.15) is 5.71 Å². The molecular weight excluding hydrogens is 457 g/mol. The number of nitrogens with zero attached hydrogens (tertiary/aromatic N) is 4. The number of alkyl halides is 3. The van der Waals surface area contributed by atoms with E-state index in [0.717, 1.165) is 25.1 Å². The van der Waals surface area contributed by atoms with Crippen LogP contribution in [0.5, 0.6) is 0 Å². The molecule has 34 heavy (non-hydrogen) atoms. The molecule has 1 saturated heterocycles. The van der Waals surface area contributed by atoms with Crippen molar-refractivity contribution >= 4 is 23.5 Å². The predicted octanol–water partition coefficient (Wildman–Crippen LogP) is 2.86. The quantitative estimate of drug-likeness (QED) is 0.685. The third-order valence-corrected chi connectivity index (χ3v) is 5.28. The lowest BCUT2D eigenvalue weighted by Crippen LogP contribution is -2.51. The number of carbonyl (C=O) groups excluding carboxylic acids is 2. The molecule has 188 valence electrons. The van der Waals surface area contributed by atoms with Crippen molar-refractivity contribution < 1.29 is 37.5 Å². The van der Waals surface area contributed by atoms with Crippen LogP contribution >= 0.6 is 0 Å². The second-order valence-electron chi connectivity index (χ2n) is 8.79. The maximum Gasteiger partial charge on any atom is 0.490 e. The van der Waals surface area contributed by atoms with Gasteiger partial charge >= 0.3 is 12.1 Å². The SMILES string of the molecule is CC(C)CC(=O)N1CCCC2(CC(C(=O)N(C)Cc3ccccn3)=NO2)C1.O=C(O)C(F)(F)F. The van der Waals surface area contributed by atoms with Crippen LogP contribution in [0.25, 0.3) is 0 Å². The third-order valence-electron chi connectivity index (χ3n) is 5.28. The van der Waals surface area contributed by atoms with Crippen molar-refractivity contribution in [1.29, 1.82) is 0 Å². The van der Waals surface area contributed by atoms with Crippen molar-refractivity contribution in [3.8, 4) is 0 Å². The number of pyridine rings is 1. The van der Waals surface area contributed by atoms with Gasteiger partial charge in [0, 0.05) is 32.6 Å². The summed E-state index contributed by atoms with van der Waals surface area (Å²) in [5, 5.41) is 11.2. The summed E-state index contributed by atoms with van der Waals surface area (Å²) in [6.45, 7) is 5.76. The minimum absolute atomic E-state index is 0.150. The first-order valence-electron chi connectivity index (χ1n) is 10.8. The fourth-order valence-electron chi connectivity index (χ4n) is 3.67. The van der Waals surface area contributed by atoms with E-state index in [2.05, 4.69) is 10.1 Å². The standard InChI is InChI=1S/C20H28N4O3.C2HF3O2/c1-15(2)11-18(25)24-10-6-8-20(14-24)12-17(22-27-20)19(26)23(3)13-16-7-4-5-9-21-16;3-2(4,5)1(6)7/h4-5,7,9,15H,6,8,10-14H2,1-3H3;(H,6,7). The van der Waals surface area contributed by atoms with Crippen LogP contribution in [-0.2, 0) is 25.8 Å². The van der Waals surface area contributed by atoms with Gasteiger partial charge in [0.15, 0.2) is 5.60 Å². The van der Waals surface area contributed by atoms with Crippen molar-refractivity contribution in [2.24, 2.45) is 11.1 Å². The summed E-state index contributed by atoms with van der Waals surface area (Å²) in [6, 6.07) is 5.63. The van der Waals surface area contributed by atoms with Gasteiger partial charge in [0.2, 0.25) is 5.91 Å². The number of carboxylic acid groups (broad SMARTS) is 1. The highest BCUT2D eigenvalue weighted by atomic mass is 19.4. The largest absolute Gasteiger partial charge is 0.490 e. The summed E-state index contributed by atoms with van der Waals surface area (Å²) < 4.78 is 31.7. The molecule has 12 heteroatoms. The van der Waals surface area contributed by atoms with Crippen LogP contribution in [0.15, 0.2) is 29.6 Å². The van der Waals surface area contributed by atoms with Crippen LogP contribution in [-0.4, -0.2) is 75.3 Å². The molecule has 1 spiro atoms. The molecule has 0 bridgehead atoms. The maximum absolute atomic E-state index is 12.7. The summed E-state index contributed by atoms with van der Waals surface area (Å²) in [5.41, 5.74) is 0.694. The van der Waals surface area contributed by atoms with E-state index in [1.165, 1.54) is 0 Å². The number of hydrogen-bond donors (Lipinski definition) is 1. The third kappa shape index (κ3) is 7.70. The Hall–Kier alpha value is -3.18. The molecule has 0 aromatic carbocycles. The van der Waals surface area contributed by atoms with E-state index < -0.39 is 17.7 Å². The Kier molecular flexibility index (Phi) is 9.00. The van der Waals surface area contributed by atoms with E-state index in [0.29, 0.717) is 37.6 Å². The highest BCUT2D eigenvalue weighted by Gasteiger charge is 2.46. The van der Waals surface area contributed by atoms with Crippen molar-refractivity contribution in [3.63, 3.8) is 0 Å². The topological polar surface area (TPSA) is 112 Å². The first-order chi connectivity index (χ1) is 15.8. The van der Waals surface area contributed by atoms with E-state index in [1.54, 1.807) is 18.1 Å². The maximum atomic E-state index is 12.7. The van der Waals surface area contributed by atoms with Gasteiger partial charge in [-0.3, -0.25) is 14.6 Å². The zero-order chi connectivity index (χ0) is 25.5.